The third-order valence-electron chi connectivity index (χ3n) is 4.73. The normalized spacial score (nSPS) is 14.1. The van der Waals surface area contributed by atoms with Gasteiger partial charge in [0.2, 0.25) is 5.91 Å². The third-order valence-corrected chi connectivity index (χ3v) is 5.03. The Bertz CT molecular complexity index is 831. The smallest absolute Gasteiger partial charge is 0.271 e. The molecule has 0 aliphatic carbocycles. The van der Waals surface area contributed by atoms with Crippen LogP contribution in [0.1, 0.15) is 12.0 Å². The van der Waals surface area contributed by atoms with Gasteiger partial charge in [0, 0.05) is 57.5 Å². The van der Waals surface area contributed by atoms with Crippen LogP contribution in [0.15, 0.2) is 36.5 Å². The van der Waals surface area contributed by atoms with Crippen LogP contribution >= 0.6 is 11.6 Å². The molecule has 9 heteroatoms. The van der Waals surface area contributed by atoms with Gasteiger partial charge in [0.1, 0.15) is 5.82 Å². The maximum atomic E-state index is 12.5. The summed E-state index contributed by atoms with van der Waals surface area (Å²) in [6, 6.07) is 8.59. The number of nitro benzene ring substituents is 1. The number of hydrogen-bond acceptors (Lipinski definition) is 6. The fourth-order valence-corrected chi connectivity index (χ4v) is 3.56. The van der Waals surface area contributed by atoms with E-state index in [1.165, 1.54) is 12.1 Å². The Labute approximate surface area is 168 Å². The van der Waals surface area contributed by atoms with Crippen molar-refractivity contribution in [2.45, 2.75) is 13.3 Å². The molecule has 0 saturated carbocycles. The largest absolute Gasteiger partial charge is 0.383 e. The van der Waals surface area contributed by atoms with E-state index in [0.717, 1.165) is 18.9 Å². The highest BCUT2D eigenvalue weighted by Gasteiger charge is 2.21. The van der Waals surface area contributed by atoms with Crippen molar-refractivity contribution in [3.63, 3.8) is 0 Å². The van der Waals surface area contributed by atoms with Gasteiger partial charge in [0.15, 0.2) is 0 Å². The Balaban J connectivity index is 1.48. The molecule has 2 heterocycles. The first-order valence-corrected chi connectivity index (χ1v) is 9.45. The van der Waals surface area contributed by atoms with Gasteiger partial charge in [-0.25, -0.2) is 4.98 Å². The van der Waals surface area contributed by atoms with E-state index in [1.807, 2.05) is 23.1 Å². The van der Waals surface area contributed by atoms with E-state index < -0.39 is 4.92 Å². The zero-order valence-corrected chi connectivity index (χ0v) is 16.4. The lowest BCUT2D eigenvalue weighted by atomic mass is 10.1. The Morgan fingerprint density at radius 3 is 2.64 bits per heavy atom. The average molecular weight is 404 g/mol. The molecule has 1 amide bonds. The summed E-state index contributed by atoms with van der Waals surface area (Å²) in [6.45, 7) is 4.99. The van der Waals surface area contributed by atoms with Crippen LogP contribution in [0.3, 0.4) is 0 Å². The van der Waals surface area contributed by atoms with Gasteiger partial charge in [-0.2, -0.15) is 0 Å². The fourth-order valence-electron chi connectivity index (χ4n) is 3.23. The maximum Gasteiger partial charge on any atom is 0.271 e. The quantitative estimate of drug-likeness (QED) is 0.588. The monoisotopic (exact) mass is 403 g/mol. The van der Waals surface area contributed by atoms with Crippen LogP contribution in [0.5, 0.6) is 0 Å². The van der Waals surface area contributed by atoms with E-state index in [-0.39, 0.29) is 16.6 Å². The van der Waals surface area contributed by atoms with Gasteiger partial charge in [-0.1, -0.05) is 17.7 Å². The molecule has 0 bridgehead atoms. The first-order chi connectivity index (χ1) is 13.5. The van der Waals surface area contributed by atoms with E-state index in [0.29, 0.717) is 37.3 Å². The van der Waals surface area contributed by atoms with Crippen molar-refractivity contribution in [2.75, 3.05) is 42.9 Å². The number of aryl methyl sites for hydroxylation is 1. The molecule has 1 aliphatic heterocycles. The predicted octanol–water partition coefficient (Wildman–Crippen LogP) is 3.10. The molecule has 0 radical (unpaired) electrons. The van der Waals surface area contributed by atoms with Gasteiger partial charge >= 0.3 is 0 Å². The Hall–Kier alpha value is -2.87. The van der Waals surface area contributed by atoms with Crippen LogP contribution in [0.25, 0.3) is 0 Å². The van der Waals surface area contributed by atoms with Gasteiger partial charge in [0.05, 0.1) is 15.6 Å². The third kappa shape index (κ3) is 4.69. The lowest BCUT2D eigenvalue weighted by Crippen LogP contribution is -2.49. The second kappa shape index (κ2) is 8.88. The van der Waals surface area contributed by atoms with Crippen molar-refractivity contribution in [1.82, 2.24) is 9.88 Å². The van der Waals surface area contributed by atoms with E-state index in [4.69, 9.17) is 11.6 Å². The summed E-state index contributed by atoms with van der Waals surface area (Å²) in [5, 5.41) is 14.3. The molecular weight excluding hydrogens is 382 g/mol. The molecule has 148 valence electrons. The summed E-state index contributed by atoms with van der Waals surface area (Å²) >= 11 is 6.14. The zero-order valence-electron chi connectivity index (χ0n) is 15.6. The Morgan fingerprint density at radius 2 is 2.04 bits per heavy atom. The minimum absolute atomic E-state index is 0.0464. The number of rotatable bonds is 6. The number of halogens is 1. The number of nitro groups is 1. The second-order valence-corrected chi connectivity index (χ2v) is 7.02. The molecule has 1 fully saturated rings. The Morgan fingerprint density at radius 1 is 1.29 bits per heavy atom. The number of pyridine rings is 1. The molecule has 3 rings (SSSR count). The number of amides is 1. The van der Waals surface area contributed by atoms with Crippen LogP contribution in [0.4, 0.5) is 17.2 Å². The zero-order chi connectivity index (χ0) is 20.1. The molecule has 0 spiro atoms. The fraction of sp³-hybridized carbons (Fsp3) is 0.368. The lowest BCUT2D eigenvalue weighted by molar-refractivity contribution is -0.384. The molecule has 8 nitrogen and oxygen atoms in total. The van der Waals surface area contributed by atoms with Crippen molar-refractivity contribution in [3.8, 4) is 0 Å². The van der Waals surface area contributed by atoms with Crippen molar-refractivity contribution in [2.24, 2.45) is 0 Å². The van der Waals surface area contributed by atoms with Crippen LogP contribution < -0.4 is 10.2 Å². The first kappa shape index (κ1) is 19.9. The van der Waals surface area contributed by atoms with Crippen LogP contribution in [0, 0.1) is 17.0 Å². The number of piperazine rings is 1. The summed E-state index contributed by atoms with van der Waals surface area (Å²) in [5.41, 5.74) is 1.26. The van der Waals surface area contributed by atoms with E-state index in [1.54, 1.807) is 13.1 Å². The number of nitrogens with one attached hydrogen (secondary N) is 1. The molecule has 1 saturated heterocycles. The molecule has 28 heavy (non-hydrogen) atoms. The summed E-state index contributed by atoms with van der Waals surface area (Å²) in [7, 11) is 0. The first-order valence-electron chi connectivity index (χ1n) is 9.08. The minimum Gasteiger partial charge on any atom is -0.383 e. The second-order valence-electron chi connectivity index (χ2n) is 6.61. The van der Waals surface area contributed by atoms with Crippen molar-refractivity contribution in [1.29, 1.82) is 0 Å². The lowest BCUT2D eigenvalue weighted by Gasteiger charge is -2.35. The molecule has 2 aromatic rings. The van der Waals surface area contributed by atoms with Crippen LogP contribution in [-0.2, 0) is 4.79 Å². The highest BCUT2D eigenvalue weighted by atomic mass is 35.5. The number of non-ortho nitro benzene ring substituents is 1. The summed E-state index contributed by atoms with van der Waals surface area (Å²) in [5.74, 6) is 1.00. The molecule has 1 aromatic carbocycles. The van der Waals surface area contributed by atoms with E-state index >= 15 is 0 Å². The molecule has 1 N–H and O–H groups in total. The highest BCUT2D eigenvalue weighted by molar-refractivity contribution is 6.33. The standard InChI is InChI=1S/C19H22ClN5O3/c1-14-12-15(25(27)28)13-16(20)19(14)22-7-5-18(26)24-10-8-23(9-11-24)17-4-2-3-6-21-17/h2-4,6,12-13,22H,5,7-11H2,1H3. The molecule has 0 atom stereocenters. The minimum atomic E-state index is -0.475. The maximum absolute atomic E-state index is 12.5. The van der Waals surface area contributed by atoms with E-state index in [2.05, 4.69) is 15.2 Å². The van der Waals surface area contributed by atoms with Crippen molar-refractivity contribution >= 4 is 34.7 Å². The summed E-state index contributed by atoms with van der Waals surface area (Å²) < 4.78 is 0. The van der Waals surface area contributed by atoms with Gasteiger partial charge in [-0.3, -0.25) is 14.9 Å². The molecule has 1 aromatic heterocycles. The van der Waals surface area contributed by atoms with E-state index in [9.17, 15) is 14.9 Å². The van der Waals surface area contributed by atoms with Crippen molar-refractivity contribution < 1.29 is 9.72 Å². The number of anilines is 2. The highest BCUT2D eigenvalue weighted by Crippen LogP contribution is 2.30. The van der Waals surface area contributed by atoms with Gasteiger partial charge in [0.25, 0.3) is 5.69 Å². The van der Waals surface area contributed by atoms with Gasteiger partial charge in [-0.15, -0.1) is 0 Å². The van der Waals surface area contributed by atoms with Crippen molar-refractivity contribution in [3.05, 3.63) is 57.2 Å². The number of aromatic nitrogens is 1. The van der Waals surface area contributed by atoms with Gasteiger partial charge in [-0.05, 0) is 24.6 Å². The molecule has 1 aliphatic rings. The van der Waals surface area contributed by atoms with Crippen LogP contribution in [0.2, 0.25) is 5.02 Å². The number of nitrogens with zero attached hydrogens (tertiary/aromatic N) is 4. The number of carbonyl (C=O) groups excluding carboxylic acids is 1. The predicted molar refractivity (Wildman–Crippen MR) is 109 cm³/mol. The summed E-state index contributed by atoms with van der Waals surface area (Å²) in [4.78, 5) is 31.2. The number of carbonyl (C=O) groups is 1. The summed E-state index contributed by atoms with van der Waals surface area (Å²) in [6.07, 6.45) is 2.10. The average Bonchev–Trinajstić information content (AvgIpc) is 2.70. The Kier molecular flexibility index (Phi) is 6.30. The van der Waals surface area contributed by atoms with Crippen LogP contribution in [-0.4, -0.2) is 53.4 Å². The number of benzene rings is 1. The van der Waals surface area contributed by atoms with Gasteiger partial charge < -0.3 is 15.1 Å². The SMILES string of the molecule is Cc1cc([N+](=O)[O-])cc(Cl)c1NCCC(=O)N1CCN(c2ccccn2)CC1. The molecule has 0 unspecified atom stereocenters. The molecular formula is C19H22ClN5O3. The number of hydrogen-bond donors (Lipinski definition) is 1. The topological polar surface area (TPSA) is 91.6 Å².